The summed E-state index contributed by atoms with van der Waals surface area (Å²) in [6, 6.07) is 14.2. The van der Waals surface area contributed by atoms with E-state index in [1.165, 1.54) is 24.5 Å². The molecular weight excluding hydrogens is 1010 g/mol. The molecule has 8 aromatic rings. The second kappa shape index (κ2) is 21.5. The van der Waals surface area contributed by atoms with Gasteiger partial charge in [0.25, 0.3) is 22.2 Å². The maximum Gasteiger partial charge on any atom is 0.332 e. The topological polar surface area (TPSA) is 215 Å². The van der Waals surface area contributed by atoms with Gasteiger partial charge in [0.1, 0.15) is 0 Å². The summed E-state index contributed by atoms with van der Waals surface area (Å²) >= 11 is 0. The van der Waals surface area contributed by atoms with Gasteiger partial charge in [0.2, 0.25) is 0 Å². The highest BCUT2D eigenvalue weighted by molar-refractivity contribution is 5.79. The molecule has 0 atom stereocenters. The molecule has 0 bridgehead atoms. The monoisotopic (exact) mass is 1100 g/mol. The fourth-order valence-electron chi connectivity index (χ4n) is 9.67. The van der Waals surface area contributed by atoms with E-state index in [1.54, 1.807) is 73.4 Å². The number of para-hydroxylation sites is 1. The lowest BCUT2D eigenvalue weighted by molar-refractivity contribution is 0.320. The van der Waals surface area contributed by atoms with Crippen molar-refractivity contribution in [1.82, 2.24) is 51.5 Å². The van der Waals surface area contributed by atoms with Crippen molar-refractivity contribution in [2.75, 3.05) is 0 Å². The average molecular weight is 1100 g/mol. The molecule has 0 saturated heterocycles. The number of fused-ring (bicyclic) bond motifs is 4. The van der Waals surface area contributed by atoms with E-state index in [4.69, 9.17) is 0 Å². The highest BCUT2D eigenvalue weighted by Crippen LogP contribution is 2.23. The van der Waals surface area contributed by atoms with Gasteiger partial charge in [-0.2, -0.15) is 0 Å². The Kier molecular flexibility index (Phi) is 17.0. The van der Waals surface area contributed by atoms with E-state index in [2.05, 4.69) is 15.0 Å². The highest BCUT2D eigenvalue weighted by atomic mass is 16.2. The van der Waals surface area contributed by atoms with Crippen molar-refractivity contribution in [3.8, 4) is 0 Å². The van der Waals surface area contributed by atoms with Crippen molar-refractivity contribution in [3.63, 3.8) is 0 Å². The van der Waals surface area contributed by atoms with Crippen LogP contribution < -0.4 is 45.0 Å². The first-order chi connectivity index (χ1) is 36.2. The van der Waals surface area contributed by atoms with Crippen molar-refractivity contribution in [3.05, 3.63) is 163 Å². The van der Waals surface area contributed by atoms with Gasteiger partial charge in [-0.1, -0.05) is 12.1 Å². The van der Waals surface area contributed by atoms with Crippen LogP contribution >= 0.6 is 0 Å². The second-order valence-electron chi connectivity index (χ2n) is 28.1. The molecule has 0 amide bonds. The van der Waals surface area contributed by atoms with Gasteiger partial charge >= 0.3 is 22.8 Å². The van der Waals surface area contributed by atoms with Crippen LogP contribution in [0.15, 0.2) is 118 Å². The Morgan fingerprint density at radius 1 is 0.275 bits per heavy atom. The Bertz CT molecular complexity index is 3620. The number of benzene rings is 1. The summed E-state index contributed by atoms with van der Waals surface area (Å²) in [6.45, 7) is 45.7. The predicted octanol–water partition coefficient (Wildman–Crippen LogP) is 8.88. The smallest absolute Gasteiger partial charge is 0.288 e. The molecule has 8 rings (SSSR count). The van der Waals surface area contributed by atoms with Crippen LogP contribution in [0.5, 0.6) is 0 Å². The molecule has 0 saturated carbocycles. The molecule has 0 aliphatic carbocycles. The Hall–Kier alpha value is -7.57. The standard InChI is InChI=1S/C16H22N2O2.3C15H21N3O2/c1-15(2,3)17-12-10-8-7-9-11(12)13(19)18(14(17)20)16(4,5)6;1-14(2,3)17-11-7-8-16-9-10(11)12(19)18(13(17)20)15(4,5)6;1-14(2,3)17-11-9-16-8-7-10(11)12(19)18(13(17)20)15(4,5)6;1-14(2,3)17-10-8-7-9-16-11(10)12(19)18(13(17)20)15(4,5)6/h7-10H,1-6H3;3*7-9H,1-6H3. The van der Waals surface area contributed by atoms with Crippen LogP contribution in [0.3, 0.4) is 0 Å². The van der Waals surface area contributed by atoms with Crippen LogP contribution in [0.25, 0.3) is 43.7 Å². The molecule has 432 valence electrons. The molecule has 7 aromatic heterocycles. The van der Waals surface area contributed by atoms with E-state index in [0.717, 1.165) is 0 Å². The average Bonchev–Trinajstić information content (AvgIpc) is 3.26. The lowest BCUT2D eigenvalue weighted by Crippen LogP contribution is -2.51. The Morgan fingerprint density at radius 3 is 0.988 bits per heavy atom. The summed E-state index contributed by atoms with van der Waals surface area (Å²) in [5.74, 6) is 0. The molecular formula is C61H85N11O8. The maximum atomic E-state index is 12.8. The SMILES string of the molecule is CC(C)(C)n1c(=O)c2ccccc2n(C(C)(C)C)c1=O.CC(C)(C)n1c(=O)c2ccncc2n(C(C)(C)C)c1=O.CC(C)(C)n1c(=O)c2cnccc2n(C(C)(C)C)c1=O.CC(C)(C)n1c(=O)c2ncccc2n(C(C)(C)C)c1=O. The molecule has 7 heterocycles. The van der Waals surface area contributed by atoms with Crippen molar-refractivity contribution in [2.45, 2.75) is 210 Å². The minimum Gasteiger partial charge on any atom is -0.288 e. The van der Waals surface area contributed by atoms with Crippen LogP contribution in [0.1, 0.15) is 166 Å². The number of hydrogen-bond donors (Lipinski definition) is 0. The second-order valence-corrected chi connectivity index (χ2v) is 28.1. The maximum absolute atomic E-state index is 12.8. The molecule has 0 aliphatic rings. The Morgan fingerprint density at radius 2 is 0.575 bits per heavy atom. The van der Waals surface area contributed by atoms with Gasteiger partial charge in [-0.15, -0.1) is 0 Å². The highest BCUT2D eigenvalue weighted by Gasteiger charge is 2.31. The van der Waals surface area contributed by atoms with Gasteiger partial charge in [-0.05, 0) is 203 Å². The lowest BCUT2D eigenvalue weighted by Gasteiger charge is -2.29. The van der Waals surface area contributed by atoms with Crippen LogP contribution in [0.2, 0.25) is 0 Å². The first-order valence-electron chi connectivity index (χ1n) is 26.9. The van der Waals surface area contributed by atoms with E-state index in [-0.39, 0.29) is 45.0 Å². The number of aromatic nitrogens is 11. The minimum atomic E-state index is -0.590. The number of hydrogen-bond acceptors (Lipinski definition) is 11. The largest absolute Gasteiger partial charge is 0.332 e. The molecule has 0 aliphatic heterocycles. The van der Waals surface area contributed by atoms with Gasteiger partial charge in [0, 0.05) is 69.1 Å². The van der Waals surface area contributed by atoms with Gasteiger partial charge in [-0.25, -0.2) is 24.2 Å². The summed E-state index contributed by atoms with van der Waals surface area (Å²) in [4.78, 5) is 114. The molecule has 0 fully saturated rings. The van der Waals surface area contributed by atoms with Crippen molar-refractivity contribution >= 4 is 43.7 Å². The van der Waals surface area contributed by atoms with Crippen LogP contribution in [-0.2, 0) is 44.3 Å². The quantitative estimate of drug-likeness (QED) is 0.140. The summed E-state index contributed by atoms with van der Waals surface area (Å²) in [6.07, 6.45) is 7.87. The number of rotatable bonds is 0. The van der Waals surface area contributed by atoms with Crippen molar-refractivity contribution in [2.24, 2.45) is 0 Å². The molecule has 1 aromatic carbocycles. The molecule has 0 spiro atoms. The van der Waals surface area contributed by atoms with Crippen LogP contribution in [-0.4, -0.2) is 51.5 Å². The molecule has 0 N–H and O–H groups in total. The minimum absolute atomic E-state index is 0.224. The third kappa shape index (κ3) is 12.6. The zero-order valence-corrected chi connectivity index (χ0v) is 51.7. The van der Waals surface area contributed by atoms with Crippen molar-refractivity contribution in [1.29, 1.82) is 0 Å². The predicted molar refractivity (Wildman–Crippen MR) is 323 cm³/mol. The zero-order chi connectivity index (χ0) is 61.2. The third-order valence-corrected chi connectivity index (χ3v) is 12.9. The fraction of sp³-hybridized carbons (Fsp3) is 0.525. The van der Waals surface area contributed by atoms with Gasteiger partial charge in [0.15, 0.2) is 5.52 Å². The van der Waals surface area contributed by atoms with Gasteiger partial charge < -0.3 is 0 Å². The number of nitrogens with zero attached hydrogens (tertiary/aromatic N) is 11. The number of pyridine rings is 3. The summed E-state index contributed by atoms with van der Waals surface area (Å²) in [5, 5.41) is 1.57. The first kappa shape index (κ1) is 63.3. The summed E-state index contributed by atoms with van der Waals surface area (Å²) < 4.78 is 11.9. The van der Waals surface area contributed by atoms with E-state index >= 15 is 0 Å². The lowest BCUT2D eigenvalue weighted by atomic mass is 10.1. The van der Waals surface area contributed by atoms with Crippen molar-refractivity contribution < 1.29 is 0 Å². The van der Waals surface area contributed by atoms with Gasteiger partial charge in [-0.3, -0.25) is 65.7 Å². The fourth-order valence-corrected chi connectivity index (χ4v) is 9.67. The normalized spacial score (nSPS) is 12.9. The van der Waals surface area contributed by atoms with E-state index in [0.29, 0.717) is 43.7 Å². The molecule has 0 radical (unpaired) electrons. The van der Waals surface area contributed by atoms with Crippen LogP contribution in [0.4, 0.5) is 0 Å². The van der Waals surface area contributed by atoms with Crippen LogP contribution in [0, 0.1) is 0 Å². The Labute approximate surface area is 466 Å². The first-order valence-corrected chi connectivity index (χ1v) is 26.9. The molecule has 19 nitrogen and oxygen atoms in total. The summed E-state index contributed by atoms with van der Waals surface area (Å²) in [5.41, 5.74) is -3.40. The molecule has 80 heavy (non-hydrogen) atoms. The molecule has 19 heteroatoms. The Balaban J connectivity index is 0.000000196. The van der Waals surface area contributed by atoms with E-state index in [9.17, 15) is 38.4 Å². The summed E-state index contributed by atoms with van der Waals surface area (Å²) in [7, 11) is 0. The van der Waals surface area contributed by atoms with Gasteiger partial charge in [0.05, 0.1) is 44.4 Å². The zero-order valence-electron chi connectivity index (χ0n) is 51.7. The van der Waals surface area contributed by atoms with E-state index < -0.39 is 44.3 Å². The van der Waals surface area contributed by atoms with E-state index in [1.807, 2.05) is 184 Å². The third-order valence-electron chi connectivity index (χ3n) is 12.9. The molecule has 0 unspecified atom stereocenters.